The highest BCUT2D eigenvalue weighted by Crippen LogP contribution is 2.26. The van der Waals surface area contributed by atoms with Crippen LogP contribution in [0.2, 0.25) is 0 Å². The van der Waals surface area contributed by atoms with Gasteiger partial charge in [-0.1, -0.05) is 19.9 Å². The number of aryl methyl sites for hydroxylation is 2. The fraction of sp³-hybridized carbons (Fsp3) is 0.400. The Hall–Kier alpha value is -1.13. The van der Waals surface area contributed by atoms with Crippen molar-refractivity contribution < 1.29 is 0 Å². The third kappa shape index (κ3) is 3.45. The summed E-state index contributed by atoms with van der Waals surface area (Å²) >= 11 is 3.63. The number of hydrogen-bond donors (Lipinski definition) is 1. The van der Waals surface area contributed by atoms with Crippen molar-refractivity contribution in [3.63, 3.8) is 0 Å². The van der Waals surface area contributed by atoms with Gasteiger partial charge >= 0.3 is 0 Å². The van der Waals surface area contributed by atoms with Crippen LogP contribution in [0, 0.1) is 13.8 Å². The van der Waals surface area contributed by atoms with Gasteiger partial charge in [-0.25, -0.2) is 4.68 Å². The number of nitrogens with one attached hydrogen (secondary N) is 1. The molecule has 0 saturated heterocycles. The third-order valence-electron chi connectivity index (χ3n) is 2.96. The van der Waals surface area contributed by atoms with Gasteiger partial charge < -0.3 is 5.32 Å². The predicted octanol–water partition coefficient (Wildman–Crippen LogP) is 3.75. The Morgan fingerprint density at radius 1 is 1.32 bits per heavy atom. The van der Waals surface area contributed by atoms with E-state index in [1.54, 1.807) is 0 Å². The second-order valence-corrected chi connectivity index (χ2v) is 6.05. The lowest BCUT2D eigenvalue weighted by Gasteiger charge is -2.10. The smallest absolute Gasteiger partial charge is 0.0816 e. The van der Waals surface area contributed by atoms with Gasteiger partial charge in [-0.15, -0.1) is 0 Å². The summed E-state index contributed by atoms with van der Waals surface area (Å²) in [6.45, 7) is 9.28. The highest BCUT2D eigenvalue weighted by atomic mass is 79.9. The Morgan fingerprint density at radius 2 is 2.05 bits per heavy atom. The topological polar surface area (TPSA) is 29.9 Å². The summed E-state index contributed by atoms with van der Waals surface area (Å²) < 4.78 is 3.02. The lowest BCUT2D eigenvalue weighted by atomic mass is 10.1. The van der Waals surface area contributed by atoms with E-state index in [2.05, 4.69) is 72.2 Å². The summed E-state index contributed by atoms with van der Waals surface area (Å²) in [7, 11) is 0. The van der Waals surface area contributed by atoms with Crippen molar-refractivity contribution in [1.82, 2.24) is 15.1 Å². The Kier molecular flexibility index (Phi) is 4.42. The molecule has 0 radical (unpaired) electrons. The normalized spacial score (nSPS) is 11.3. The Bertz CT molecular complexity index is 550. The van der Waals surface area contributed by atoms with Crippen molar-refractivity contribution in [2.45, 2.75) is 40.3 Å². The SMILES string of the molecule is Cc1cc(C)c(-n2ccc(CNC(C)C)n2)c(Br)c1. The molecule has 2 rings (SSSR count). The van der Waals surface area contributed by atoms with Gasteiger partial charge in [0.1, 0.15) is 0 Å². The van der Waals surface area contributed by atoms with E-state index < -0.39 is 0 Å². The van der Waals surface area contributed by atoms with Crippen LogP contribution in [0.15, 0.2) is 28.9 Å². The highest BCUT2D eigenvalue weighted by Gasteiger charge is 2.09. The van der Waals surface area contributed by atoms with Crippen LogP contribution in [0.25, 0.3) is 5.69 Å². The Morgan fingerprint density at radius 3 is 2.68 bits per heavy atom. The van der Waals surface area contributed by atoms with E-state index in [-0.39, 0.29) is 0 Å². The van der Waals surface area contributed by atoms with Gasteiger partial charge in [-0.05, 0) is 53.0 Å². The van der Waals surface area contributed by atoms with Gasteiger partial charge in [0, 0.05) is 23.3 Å². The van der Waals surface area contributed by atoms with Gasteiger partial charge in [-0.2, -0.15) is 5.10 Å². The molecule has 2 aromatic rings. The molecule has 0 amide bonds. The first-order chi connectivity index (χ1) is 8.97. The molecule has 1 N–H and O–H groups in total. The molecule has 0 unspecified atom stereocenters. The number of benzene rings is 1. The maximum absolute atomic E-state index is 4.63. The fourth-order valence-electron chi connectivity index (χ4n) is 2.09. The molecule has 0 bridgehead atoms. The molecule has 1 aromatic carbocycles. The number of aromatic nitrogens is 2. The van der Waals surface area contributed by atoms with E-state index in [4.69, 9.17) is 0 Å². The highest BCUT2D eigenvalue weighted by molar-refractivity contribution is 9.10. The molecule has 1 heterocycles. The maximum atomic E-state index is 4.63. The molecule has 0 atom stereocenters. The van der Waals surface area contributed by atoms with E-state index >= 15 is 0 Å². The van der Waals surface area contributed by atoms with E-state index in [1.807, 2.05) is 10.9 Å². The number of halogens is 1. The quantitative estimate of drug-likeness (QED) is 0.929. The molecular formula is C15H20BrN3. The van der Waals surface area contributed by atoms with E-state index in [0.29, 0.717) is 6.04 Å². The van der Waals surface area contributed by atoms with Crippen LogP contribution in [0.1, 0.15) is 30.7 Å². The number of hydrogen-bond acceptors (Lipinski definition) is 2. The molecule has 0 aliphatic rings. The average Bonchev–Trinajstić information content (AvgIpc) is 2.73. The molecule has 0 fully saturated rings. The van der Waals surface area contributed by atoms with Gasteiger partial charge in [0.25, 0.3) is 0 Å². The van der Waals surface area contributed by atoms with Gasteiger partial charge in [0.05, 0.1) is 11.4 Å². The lowest BCUT2D eigenvalue weighted by molar-refractivity contribution is 0.578. The van der Waals surface area contributed by atoms with Gasteiger partial charge in [-0.3, -0.25) is 0 Å². The number of nitrogens with zero attached hydrogens (tertiary/aromatic N) is 2. The first-order valence-corrected chi connectivity index (χ1v) is 7.31. The van der Waals surface area contributed by atoms with Crippen molar-refractivity contribution in [1.29, 1.82) is 0 Å². The Balaban J connectivity index is 2.28. The summed E-state index contributed by atoms with van der Waals surface area (Å²) in [5, 5.41) is 8.01. The van der Waals surface area contributed by atoms with Crippen LogP contribution in [0.3, 0.4) is 0 Å². The molecule has 102 valence electrons. The zero-order valence-electron chi connectivity index (χ0n) is 11.9. The molecule has 1 aromatic heterocycles. The van der Waals surface area contributed by atoms with Crippen LogP contribution in [-0.2, 0) is 6.54 Å². The van der Waals surface area contributed by atoms with Crippen molar-refractivity contribution >= 4 is 15.9 Å². The molecular weight excluding hydrogens is 302 g/mol. The van der Waals surface area contributed by atoms with Crippen molar-refractivity contribution in [3.8, 4) is 5.69 Å². The van der Waals surface area contributed by atoms with Gasteiger partial charge in [0.15, 0.2) is 0 Å². The molecule has 0 aliphatic heterocycles. The minimum absolute atomic E-state index is 0.470. The van der Waals surface area contributed by atoms with Gasteiger partial charge in [0.2, 0.25) is 0 Å². The summed E-state index contributed by atoms with van der Waals surface area (Å²) in [5.41, 5.74) is 4.64. The molecule has 4 heteroatoms. The minimum atomic E-state index is 0.470. The zero-order valence-corrected chi connectivity index (χ0v) is 13.5. The predicted molar refractivity (Wildman–Crippen MR) is 82.7 cm³/mol. The second kappa shape index (κ2) is 5.88. The van der Waals surface area contributed by atoms with E-state index in [9.17, 15) is 0 Å². The Labute approximate surface area is 123 Å². The minimum Gasteiger partial charge on any atom is -0.309 e. The molecule has 3 nitrogen and oxygen atoms in total. The maximum Gasteiger partial charge on any atom is 0.0816 e. The lowest BCUT2D eigenvalue weighted by Crippen LogP contribution is -2.22. The zero-order chi connectivity index (χ0) is 14.0. The molecule has 19 heavy (non-hydrogen) atoms. The standard InChI is InChI=1S/C15H20BrN3/c1-10(2)17-9-13-5-6-19(18-13)15-12(4)7-11(3)8-14(15)16/h5-8,10,17H,9H2,1-4H3. The van der Waals surface area contributed by atoms with Crippen LogP contribution < -0.4 is 5.32 Å². The van der Waals surface area contributed by atoms with Crippen LogP contribution in [-0.4, -0.2) is 15.8 Å². The van der Waals surface area contributed by atoms with Crippen molar-refractivity contribution in [2.75, 3.05) is 0 Å². The van der Waals surface area contributed by atoms with Crippen LogP contribution in [0.4, 0.5) is 0 Å². The summed E-state index contributed by atoms with van der Waals surface area (Å²) in [5.74, 6) is 0. The summed E-state index contributed by atoms with van der Waals surface area (Å²) in [6.07, 6.45) is 2.01. The summed E-state index contributed by atoms with van der Waals surface area (Å²) in [4.78, 5) is 0. The van der Waals surface area contributed by atoms with Crippen molar-refractivity contribution in [2.24, 2.45) is 0 Å². The molecule has 0 aliphatic carbocycles. The first-order valence-electron chi connectivity index (χ1n) is 6.52. The molecule has 0 spiro atoms. The van der Waals surface area contributed by atoms with E-state index in [1.165, 1.54) is 11.1 Å². The first kappa shape index (κ1) is 14.3. The van der Waals surface area contributed by atoms with E-state index in [0.717, 1.165) is 22.4 Å². The van der Waals surface area contributed by atoms with Crippen molar-refractivity contribution in [3.05, 3.63) is 45.7 Å². The van der Waals surface area contributed by atoms with Crippen LogP contribution >= 0.6 is 15.9 Å². The third-order valence-corrected chi connectivity index (χ3v) is 3.57. The average molecular weight is 322 g/mol. The number of rotatable bonds is 4. The monoisotopic (exact) mass is 321 g/mol. The second-order valence-electron chi connectivity index (χ2n) is 5.20. The van der Waals surface area contributed by atoms with Crippen LogP contribution in [0.5, 0.6) is 0 Å². The fourth-order valence-corrected chi connectivity index (χ4v) is 2.94. The summed E-state index contributed by atoms with van der Waals surface area (Å²) in [6, 6.07) is 6.82. The molecule has 0 saturated carbocycles. The largest absolute Gasteiger partial charge is 0.309 e.